The minimum absolute atomic E-state index is 0.0173. The number of amides is 1. The van der Waals surface area contributed by atoms with E-state index in [0.717, 1.165) is 0 Å². The number of rotatable bonds is 4. The molecule has 8 heteroatoms. The number of hydrogen-bond donors (Lipinski definition) is 3. The summed E-state index contributed by atoms with van der Waals surface area (Å²) < 4.78 is 4.61. The van der Waals surface area contributed by atoms with Gasteiger partial charge in [0.2, 0.25) is 0 Å². The van der Waals surface area contributed by atoms with Crippen LogP contribution >= 0.6 is 0 Å². The smallest absolute Gasteiger partial charge is 0.325 e. The molecule has 15 heavy (non-hydrogen) atoms. The molecule has 0 saturated heterocycles. The maximum absolute atomic E-state index is 11.3. The zero-order valence-corrected chi connectivity index (χ0v) is 8.11. The van der Waals surface area contributed by atoms with Crippen molar-refractivity contribution in [2.75, 3.05) is 18.9 Å². The van der Waals surface area contributed by atoms with Crippen LogP contribution in [-0.2, 0) is 9.53 Å². The Hall–Kier alpha value is -2.12. The summed E-state index contributed by atoms with van der Waals surface area (Å²) in [7, 11) is 0. The van der Waals surface area contributed by atoms with Gasteiger partial charge in [-0.15, -0.1) is 10.2 Å². The fourth-order valence-corrected chi connectivity index (χ4v) is 0.854. The van der Waals surface area contributed by atoms with Crippen molar-refractivity contribution in [2.24, 2.45) is 0 Å². The normalized spacial score (nSPS) is 9.67. The van der Waals surface area contributed by atoms with Gasteiger partial charge in [0.05, 0.1) is 6.61 Å². The summed E-state index contributed by atoms with van der Waals surface area (Å²) in [6.07, 6.45) is 0. The molecule has 82 valence electrons. The zero-order valence-electron chi connectivity index (χ0n) is 8.11. The van der Waals surface area contributed by atoms with Crippen LogP contribution < -0.4 is 11.1 Å². The van der Waals surface area contributed by atoms with Crippen LogP contribution in [0, 0.1) is 0 Å². The molecular weight excluding hydrogens is 202 g/mol. The monoisotopic (exact) mass is 213 g/mol. The van der Waals surface area contributed by atoms with E-state index in [2.05, 4.69) is 25.5 Å². The van der Waals surface area contributed by atoms with E-state index >= 15 is 0 Å². The van der Waals surface area contributed by atoms with Crippen molar-refractivity contribution in [3.05, 3.63) is 5.69 Å². The first-order chi connectivity index (χ1) is 7.15. The molecule has 4 N–H and O–H groups in total. The second kappa shape index (κ2) is 4.94. The predicted molar refractivity (Wildman–Crippen MR) is 49.8 cm³/mol. The summed E-state index contributed by atoms with van der Waals surface area (Å²) in [5.41, 5.74) is 5.28. The molecular formula is C7H11N5O3. The summed E-state index contributed by atoms with van der Waals surface area (Å²) in [6, 6.07) is 0. The van der Waals surface area contributed by atoms with Crippen LogP contribution in [0.25, 0.3) is 0 Å². The SMILES string of the molecule is CCOC(=O)CNC(=O)c1n[nH]nc1N. The maximum Gasteiger partial charge on any atom is 0.325 e. The van der Waals surface area contributed by atoms with Gasteiger partial charge in [-0.1, -0.05) is 0 Å². The molecule has 0 radical (unpaired) electrons. The molecule has 0 aliphatic heterocycles. The number of nitrogen functional groups attached to an aromatic ring is 1. The number of anilines is 1. The van der Waals surface area contributed by atoms with Gasteiger partial charge in [-0.25, -0.2) is 0 Å². The zero-order chi connectivity index (χ0) is 11.3. The minimum atomic E-state index is -0.575. The number of carbonyl (C=O) groups is 2. The molecule has 0 saturated carbocycles. The molecule has 0 aliphatic carbocycles. The van der Waals surface area contributed by atoms with Crippen molar-refractivity contribution in [3.8, 4) is 0 Å². The van der Waals surface area contributed by atoms with Crippen LogP contribution in [0.15, 0.2) is 0 Å². The number of nitrogens with zero attached hydrogens (tertiary/aromatic N) is 2. The molecule has 0 aliphatic rings. The largest absolute Gasteiger partial charge is 0.465 e. The van der Waals surface area contributed by atoms with Crippen LogP contribution in [0.4, 0.5) is 5.82 Å². The van der Waals surface area contributed by atoms with Gasteiger partial charge in [-0.3, -0.25) is 9.59 Å². The van der Waals surface area contributed by atoms with Gasteiger partial charge in [-0.05, 0) is 6.92 Å². The number of carbonyl (C=O) groups excluding carboxylic acids is 2. The highest BCUT2D eigenvalue weighted by atomic mass is 16.5. The standard InChI is InChI=1S/C7H11N5O3/c1-2-15-4(13)3-9-7(14)5-6(8)11-12-10-5/h2-3H2,1H3,(H,9,14)(H3,8,10,11,12). The quantitative estimate of drug-likeness (QED) is 0.533. The van der Waals surface area contributed by atoms with E-state index in [1.807, 2.05) is 0 Å². The fraction of sp³-hybridized carbons (Fsp3) is 0.429. The Morgan fingerprint density at radius 1 is 1.53 bits per heavy atom. The molecule has 1 amide bonds. The third-order valence-electron chi connectivity index (χ3n) is 1.49. The molecule has 0 aromatic carbocycles. The lowest BCUT2D eigenvalue weighted by Gasteiger charge is -2.02. The van der Waals surface area contributed by atoms with Gasteiger partial charge < -0.3 is 15.8 Å². The highest BCUT2D eigenvalue weighted by Gasteiger charge is 2.14. The second-order valence-electron chi connectivity index (χ2n) is 2.55. The highest BCUT2D eigenvalue weighted by Crippen LogP contribution is 2.00. The van der Waals surface area contributed by atoms with Crippen molar-refractivity contribution in [1.82, 2.24) is 20.7 Å². The summed E-state index contributed by atoms with van der Waals surface area (Å²) in [6.45, 7) is 1.72. The van der Waals surface area contributed by atoms with Crippen molar-refractivity contribution in [3.63, 3.8) is 0 Å². The molecule has 0 fully saturated rings. The molecule has 0 bridgehead atoms. The minimum Gasteiger partial charge on any atom is -0.465 e. The number of aromatic amines is 1. The summed E-state index contributed by atoms with van der Waals surface area (Å²) in [5.74, 6) is -1.11. The molecule has 1 aromatic rings. The first kappa shape index (κ1) is 11.0. The molecule has 1 rings (SSSR count). The lowest BCUT2D eigenvalue weighted by atomic mass is 10.4. The van der Waals surface area contributed by atoms with E-state index in [9.17, 15) is 9.59 Å². The van der Waals surface area contributed by atoms with Crippen molar-refractivity contribution in [1.29, 1.82) is 0 Å². The number of nitrogens with two attached hydrogens (primary N) is 1. The van der Waals surface area contributed by atoms with E-state index in [-0.39, 0.29) is 24.7 Å². The molecule has 0 unspecified atom stereocenters. The van der Waals surface area contributed by atoms with Crippen LogP contribution in [-0.4, -0.2) is 40.4 Å². The number of aromatic nitrogens is 3. The predicted octanol–water partition coefficient (Wildman–Crippen LogP) is -1.32. The van der Waals surface area contributed by atoms with Crippen molar-refractivity contribution in [2.45, 2.75) is 6.92 Å². The summed E-state index contributed by atoms with van der Waals surface area (Å²) >= 11 is 0. The Labute approximate surface area is 85.2 Å². The topological polar surface area (TPSA) is 123 Å². The molecule has 0 atom stereocenters. The Morgan fingerprint density at radius 3 is 2.80 bits per heavy atom. The van der Waals surface area contributed by atoms with E-state index < -0.39 is 11.9 Å². The Kier molecular flexibility index (Phi) is 3.61. The fourth-order valence-electron chi connectivity index (χ4n) is 0.854. The second-order valence-corrected chi connectivity index (χ2v) is 2.55. The van der Waals surface area contributed by atoms with Crippen LogP contribution in [0.2, 0.25) is 0 Å². The average molecular weight is 213 g/mol. The van der Waals surface area contributed by atoms with Crippen LogP contribution in [0.3, 0.4) is 0 Å². The van der Waals surface area contributed by atoms with Crippen molar-refractivity contribution < 1.29 is 14.3 Å². The maximum atomic E-state index is 11.3. The van der Waals surface area contributed by atoms with Crippen molar-refractivity contribution >= 4 is 17.7 Å². The summed E-state index contributed by atoms with van der Waals surface area (Å²) in [5, 5.41) is 11.5. The summed E-state index contributed by atoms with van der Waals surface area (Å²) in [4.78, 5) is 22.2. The first-order valence-corrected chi connectivity index (χ1v) is 4.25. The number of hydrogen-bond acceptors (Lipinski definition) is 6. The van der Waals surface area contributed by atoms with E-state index in [1.54, 1.807) is 6.92 Å². The third kappa shape index (κ3) is 2.93. The average Bonchev–Trinajstić information content (AvgIpc) is 2.61. The van der Waals surface area contributed by atoms with Gasteiger partial charge in [0.25, 0.3) is 5.91 Å². The third-order valence-corrected chi connectivity index (χ3v) is 1.49. The van der Waals surface area contributed by atoms with Gasteiger partial charge in [-0.2, -0.15) is 5.21 Å². The highest BCUT2D eigenvalue weighted by molar-refractivity contribution is 5.97. The number of nitrogens with one attached hydrogen (secondary N) is 2. The first-order valence-electron chi connectivity index (χ1n) is 4.25. The molecule has 1 heterocycles. The van der Waals surface area contributed by atoms with Gasteiger partial charge in [0, 0.05) is 0 Å². The lowest BCUT2D eigenvalue weighted by molar-refractivity contribution is -0.141. The molecule has 8 nitrogen and oxygen atoms in total. The van der Waals surface area contributed by atoms with E-state index in [0.29, 0.717) is 0 Å². The van der Waals surface area contributed by atoms with E-state index in [1.165, 1.54) is 0 Å². The van der Waals surface area contributed by atoms with E-state index in [4.69, 9.17) is 5.73 Å². The molecule has 0 spiro atoms. The van der Waals surface area contributed by atoms with Gasteiger partial charge >= 0.3 is 5.97 Å². The number of ether oxygens (including phenoxy) is 1. The lowest BCUT2D eigenvalue weighted by Crippen LogP contribution is -2.31. The molecule has 1 aromatic heterocycles. The Balaban J connectivity index is 2.44. The van der Waals surface area contributed by atoms with Crippen LogP contribution in [0.1, 0.15) is 17.4 Å². The Morgan fingerprint density at radius 2 is 2.27 bits per heavy atom. The van der Waals surface area contributed by atoms with Crippen LogP contribution in [0.5, 0.6) is 0 Å². The van der Waals surface area contributed by atoms with Gasteiger partial charge in [0.1, 0.15) is 6.54 Å². The number of esters is 1. The van der Waals surface area contributed by atoms with Gasteiger partial charge in [0.15, 0.2) is 11.5 Å². The Bertz CT molecular complexity index is 361. The number of H-pyrrole nitrogens is 1.